The van der Waals surface area contributed by atoms with E-state index in [4.69, 9.17) is 9.73 Å². The van der Waals surface area contributed by atoms with E-state index < -0.39 is 0 Å². The zero-order valence-corrected chi connectivity index (χ0v) is 26.0. The van der Waals surface area contributed by atoms with Gasteiger partial charge in [0.25, 0.3) is 5.91 Å². The van der Waals surface area contributed by atoms with Crippen molar-refractivity contribution in [1.29, 1.82) is 0 Å². The van der Waals surface area contributed by atoms with Crippen molar-refractivity contribution in [3.63, 3.8) is 0 Å². The van der Waals surface area contributed by atoms with Crippen molar-refractivity contribution < 1.29 is 16.8 Å². The molecule has 1 aromatic carbocycles. The number of amides is 1. The standard InChI is InChI=1S/C36H45FN4O2.2H2/c1-7-18-36(6,9-3)41-19-17-29(24-41)35(42)38-23-30(8-2)39-34-25(4)15-16-32(40-34)31-14-10-13-28(33(31)37)22-27-12-11-20-43-26(5)21-27;;/h7,10,12-14,16-17,19,24-26H,1-2,9,11,15,18,20-23H2,3-6H3,(H,38,42)(H,39,40);2*1H/t25?,26-,36?;;/m0../s1. The highest BCUT2D eigenvalue weighted by Crippen LogP contribution is 2.30. The van der Waals surface area contributed by atoms with E-state index in [-0.39, 0.29) is 38.7 Å². The maximum atomic E-state index is 15.8. The van der Waals surface area contributed by atoms with Gasteiger partial charge in [0, 0.05) is 32.3 Å². The van der Waals surface area contributed by atoms with Crippen molar-refractivity contribution in [3.05, 3.63) is 108 Å². The first-order valence-electron chi connectivity index (χ1n) is 15.3. The van der Waals surface area contributed by atoms with Crippen LogP contribution in [0.3, 0.4) is 0 Å². The lowest BCUT2D eigenvalue weighted by molar-refractivity contribution is 0.0743. The van der Waals surface area contributed by atoms with E-state index in [1.807, 2.05) is 42.7 Å². The number of rotatable bonds is 11. The number of carbonyl (C=O) groups is 1. The molecule has 2 aromatic rings. The predicted octanol–water partition coefficient (Wildman–Crippen LogP) is 7.96. The summed E-state index contributed by atoms with van der Waals surface area (Å²) in [5.41, 5.74) is 6.88. The fourth-order valence-corrected chi connectivity index (χ4v) is 5.54. The first-order valence-corrected chi connectivity index (χ1v) is 15.3. The van der Waals surface area contributed by atoms with E-state index in [2.05, 4.69) is 67.9 Å². The van der Waals surface area contributed by atoms with Crippen molar-refractivity contribution in [1.82, 2.24) is 15.2 Å². The molecule has 0 saturated carbocycles. The summed E-state index contributed by atoms with van der Waals surface area (Å²) in [6.07, 6.45) is 14.7. The molecule has 232 valence electrons. The molecule has 2 unspecified atom stereocenters. The van der Waals surface area contributed by atoms with Crippen LogP contribution in [0.25, 0.3) is 5.70 Å². The van der Waals surface area contributed by atoms with Crippen LogP contribution in [0, 0.1) is 11.7 Å². The predicted molar refractivity (Wildman–Crippen MR) is 178 cm³/mol. The molecule has 0 saturated heterocycles. The van der Waals surface area contributed by atoms with Crippen LogP contribution in [0.5, 0.6) is 0 Å². The molecule has 6 nitrogen and oxygen atoms in total. The largest absolute Gasteiger partial charge is 0.378 e. The van der Waals surface area contributed by atoms with E-state index in [0.29, 0.717) is 53.4 Å². The number of aliphatic imine (C=N–C) groups is 1. The van der Waals surface area contributed by atoms with Crippen LogP contribution in [-0.2, 0) is 16.7 Å². The maximum absolute atomic E-state index is 15.8. The average molecular weight is 589 g/mol. The topological polar surface area (TPSA) is 67.7 Å². The number of amidine groups is 1. The van der Waals surface area contributed by atoms with Crippen molar-refractivity contribution >= 4 is 17.4 Å². The van der Waals surface area contributed by atoms with Gasteiger partial charge in [0.2, 0.25) is 0 Å². The summed E-state index contributed by atoms with van der Waals surface area (Å²) in [6, 6.07) is 7.35. The summed E-state index contributed by atoms with van der Waals surface area (Å²) in [5.74, 6) is 0.344. The third kappa shape index (κ3) is 7.92. The summed E-state index contributed by atoms with van der Waals surface area (Å²) >= 11 is 0. The molecular formula is C36H49FN4O2. The molecule has 0 fully saturated rings. The Labute approximate surface area is 258 Å². The number of hydrogen-bond acceptors (Lipinski definition) is 4. The molecule has 1 aromatic heterocycles. The smallest absolute Gasteiger partial charge is 0.253 e. The molecule has 3 heterocycles. The lowest BCUT2D eigenvalue weighted by Gasteiger charge is -2.29. The van der Waals surface area contributed by atoms with E-state index in [9.17, 15) is 4.79 Å². The van der Waals surface area contributed by atoms with Gasteiger partial charge in [-0.1, -0.05) is 56.4 Å². The molecule has 0 spiro atoms. The quantitative estimate of drug-likeness (QED) is 0.207. The minimum Gasteiger partial charge on any atom is -0.378 e. The maximum Gasteiger partial charge on any atom is 0.253 e. The zero-order valence-electron chi connectivity index (χ0n) is 26.0. The van der Waals surface area contributed by atoms with E-state index in [0.717, 1.165) is 25.7 Å². The van der Waals surface area contributed by atoms with Crippen LogP contribution in [0.2, 0.25) is 0 Å². The Bertz CT molecular complexity index is 1490. The van der Waals surface area contributed by atoms with Gasteiger partial charge in [-0.25, -0.2) is 9.38 Å². The molecule has 0 radical (unpaired) electrons. The summed E-state index contributed by atoms with van der Waals surface area (Å²) in [6.45, 7) is 17.0. The second kappa shape index (κ2) is 14.5. The fourth-order valence-electron chi connectivity index (χ4n) is 5.54. The SMILES string of the molecule is C=C=C(CNC(=O)c1ccn(C(C)(CC)CC=C)c1)NC1=NC(c2cccc(CC3=CCCO[C@@H](C)C3)c2F)=CCC1C.[HH].[HH]. The van der Waals surface area contributed by atoms with Gasteiger partial charge in [0.05, 0.1) is 36.2 Å². The highest BCUT2D eigenvalue weighted by atomic mass is 19.1. The average Bonchev–Trinajstić information content (AvgIpc) is 3.42. The highest BCUT2D eigenvalue weighted by molar-refractivity contribution is 5.95. The second-order valence-electron chi connectivity index (χ2n) is 11.8. The van der Waals surface area contributed by atoms with Crippen molar-refractivity contribution in [3.8, 4) is 0 Å². The van der Waals surface area contributed by atoms with Crippen LogP contribution < -0.4 is 10.6 Å². The van der Waals surface area contributed by atoms with Crippen LogP contribution >= 0.6 is 0 Å². The molecule has 2 aliphatic heterocycles. The van der Waals surface area contributed by atoms with Crippen molar-refractivity contribution in [2.24, 2.45) is 10.9 Å². The number of allylic oxidation sites excluding steroid dienone is 2. The minimum absolute atomic E-state index is 0. The summed E-state index contributed by atoms with van der Waals surface area (Å²) in [4.78, 5) is 17.8. The van der Waals surface area contributed by atoms with Crippen LogP contribution in [0.15, 0.2) is 90.0 Å². The van der Waals surface area contributed by atoms with Crippen LogP contribution in [0.4, 0.5) is 4.39 Å². The number of ether oxygens (including phenoxy) is 1. The first kappa shape index (κ1) is 32.0. The fraction of sp³-hybridized carbons (Fsp3) is 0.417. The number of nitrogens with one attached hydrogen (secondary N) is 2. The van der Waals surface area contributed by atoms with Gasteiger partial charge < -0.3 is 19.9 Å². The normalized spacial score (nSPS) is 20.0. The Morgan fingerprint density at radius 3 is 2.88 bits per heavy atom. The van der Waals surface area contributed by atoms with E-state index >= 15 is 4.39 Å². The number of hydrogen-bond donors (Lipinski definition) is 2. The molecule has 1 amide bonds. The summed E-state index contributed by atoms with van der Waals surface area (Å²) in [5, 5.41) is 6.26. The minimum atomic E-state index is -0.240. The molecule has 7 heteroatoms. The Morgan fingerprint density at radius 1 is 1.33 bits per heavy atom. The zero-order chi connectivity index (χ0) is 31.0. The van der Waals surface area contributed by atoms with Crippen LogP contribution in [-0.4, -0.2) is 35.6 Å². The molecule has 43 heavy (non-hydrogen) atoms. The molecule has 2 N–H and O–H groups in total. The van der Waals surface area contributed by atoms with Gasteiger partial charge >= 0.3 is 0 Å². The highest BCUT2D eigenvalue weighted by Gasteiger charge is 2.24. The number of halogens is 1. The molecule has 0 bridgehead atoms. The Hall–Kier alpha value is -3.93. The monoisotopic (exact) mass is 588 g/mol. The Morgan fingerprint density at radius 2 is 2.14 bits per heavy atom. The Balaban J connectivity index is 0.00000353. The lowest BCUT2D eigenvalue weighted by atomic mass is 9.94. The van der Waals surface area contributed by atoms with Gasteiger partial charge in [-0.05, 0) is 70.1 Å². The van der Waals surface area contributed by atoms with Gasteiger partial charge in [-0.15, -0.1) is 12.3 Å². The van der Waals surface area contributed by atoms with Gasteiger partial charge in [0.1, 0.15) is 11.7 Å². The van der Waals surface area contributed by atoms with Crippen molar-refractivity contribution in [2.75, 3.05) is 13.2 Å². The molecular weight excluding hydrogens is 539 g/mol. The van der Waals surface area contributed by atoms with E-state index in [1.54, 1.807) is 6.07 Å². The van der Waals surface area contributed by atoms with E-state index in [1.165, 1.54) is 5.57 Å². The van der Waals surface area contributed by atoms with Crippen LogP contribution in [0.1, 0.15) is 84.1 Å². The van der Waals surface area contributed by atoms with Gasteiger partial charge in [0.15, 0.2) is 0 Å². The number of carbonyl (C=O) groups excluding carboxylic acids is 1. The first-order chi connectivity index (χ1) is 20.7. The molecule has 4 rings (SSSR count). The number of benzene rings is 1. The molecule has 0 aliphatic carbocycles. The Kier molecular flexibility index (Phi) is 10.8. The number of nitrogens with zero attached hydrogens (tertiary/aromatic N) is 2. The third-order valence-electron chi connectivity index (χ3n) is 8.49. The second-order valence-corrected chi connectivity index (χ2v) is 11.8. The van der Waals surface area contributed by atoms with Gasteiger partial charge in [-0.2, -0.15) is 0 Å². The molecule has 2 aliphatic rings. The summed E-state index contributed by atoms with van der Waals surface area (Å²) in [7, 11) is 0. The third-order valence-corrected chi connectivity index (χ3v) is 8.49. The lowest BCUT2D eigenvalue weighted by Crippen LogP contribution is -2.36. The number of aromatic nitrogens is 1. The molecule has 3 atom stereocenters. The van der Waals surface area contributed by atoms with Gasteiger partial charge in [-0.3, -0.25) is 4.79 Å². The summed E-state index contributed by atoms with van der Waals surface area (Å²) < 4.78 is 23.6. The van der Waals surface area contributed by atoms with Crippen molar-refractivity contribution in [2.45, 2.75) is 77.9 Å².